The molecule has 43 heavy (non-hydrogen) atoms. The number of carbonyl (C=O) groups is 3. The molecule has 2 amide bonds. The van der Waals surface area contributed by atoms with Gasteiger partial charge in [0, 0.05) is 12.1 Å². The van der Waals surface area contributed by atoms with E-state index in [1.807, 2.05) is 30.3 Å². The molecule has 4 aromatic rings. The molecule has 1 aliphatic rings. The summed E-state index contributed by atoms with van der Waals surface area (Å²) in [5.41, 5.74) is 7.57. The first-order valence-corrected chi connectivity index (χ1v) is 13.6. The van der Waals surface area contributed by atoms with E-state index in [9.17, 15) is 29.6 Å². The molecule has 0 bridgehead atoms. The Labute approximate surface area is 246 Å². The van der Waals surface area contributed by atoms with E-state index < -0.39 is 35.0 Å². The van der Waals surface area contributed by atoms with Crippen LogP contribution in [0, 0.1) is 10.1 Å². The number of aromatic nitrogens is 1. The summed E-state index contributed by atoms with van der Waals surface area (Å²) in [5, 5.41) is 21.0. The number of amides is 2. The molecule has 4 N–H and O–H groups in total. The summed E-state index contributed by atoms with van der Waals surface area (Å²) in [5.74, 6) is -1.63. The molecule has 12 heteroatoms. The van der Waals surface area contributed by atoms with Gasteiger partial charge in [0.25, 0.3) is 5.69 Å². The number of carboxylic acids is 1. The maximum atomic E-state index is 14.5. The number of ether oxygens (including phenoxy) is 1. The van der Waals surface area contributed by atoms with Gasteiger partial charge in [0.2, 0.25) is 5.91 Å². The van der Waals surface area contributed by atoms with Crippen molar-refractivity contribution in [2.75, 3.05) is 11.4 Å². The van der Waals surface area contributed by atoms with E-state index >= 15 is 0 Å². The first kappa shape index (κ1) is 29.0. The van der Waals surface area contributed by atoms with Gasteiger partial charge < -0.3 is 25.5 Å². The van der Waals surface area contributed by atoms with E-state index in [0.29, 0.717) is 23.4 Å². The highest BCUT2D eigenvalue weighted by atomic mass is 16.6. The highest BCUT2D eigenvalue weighted by molar-refractivity contribution is 6.02. The predicted molar refractivity (Wildman–Crippen MR) is 157 cm³/mol. The highest BCUT2D eigenvalue weighted by Gasteiger charge is 2.45. The summed E-state index contributed by atoms with van der Waals surface area (Å²) in [6.07, 6.45) is -0.278. The van der Waals surface area contributed by atoms with Crippen molar-refractivity contribution in [3.8, 4) is 5.75 Å². The Morgan fingerprint density at radius 3 is 2.26 bits per heavy atom. The minimum Gasteiger partial charge on any atom is -0.477 e. The van der Waals surface area contributed by atoms with Crippen LogP contribution in [0.3, 0.4) is 0 Å². The quantitative estimate of drug-likeness (QED) is 0.185. The maximum Gasteiger partial charge on any atom is 0.416 e. The first-order valence-electron chi connectivity index (χ1n) is 13.6. The Bertz CT molecular complexity index is 1620. The van der Waals surface area contributed by atoms with E-state index in [4.69, 9.17) is 10.5 Å². The minimum atomic E-state index is -1.23. The molecule has 0 unspecified atom stereocenters. The molecular formula is C31H29N5O7. The Morgan fingerprint density at radius 2 is 1.65 bits per heavy atom. The van der Waals surface area contributed by atoms with Gasteiger partial charge in [0.15, 0.2) is 0 Å². The van der Waals surface area contributed by atoms with Crippen molar-refractivity contribution in [1.82, 2.24) is 9.88 Å². The van der Waals surface area contributed by atoms with Gasteiger partial charge in [-0.05, 0) is 48.7 Å². The average Bonchev–Trinajstić information content (AvgIpc) is 3.42. The zero-order valence-corrected chi connectivity index (χ0v) is 23.0. The second kappa shape index (κ2) is 12.6. The lowest BCUT2D eigenvalue weighted by atomic mass is 9.99. The van der Waals surface area contributed by atoms with Crippen molar-refractivity contribution in [3.05, 3.63) is 124 Å². The summed E-state index contributed by atoms with van der Waals surface area (Å²) in [4.78, 5) is 57.0. The number of fused-ring (bicyclic) bond motifs is 1. The number of carbonyl (C=O) groups excluding carboxylic acids is 2. The van der Waals surface area contributed by atoms with Gasteiger partial charge in [-0.3, -0.25) is 19.8 Å². The van der Waals surface area contributed by atoms with Gasteiger partial charge in [-0.2, -0.15) is 0 Å². The van der Waals surface area contributed by atoms with E-state index in [-0.39, 0.29) is 36.6 Å². The molecule has 12 nitrogen and oxygen atoms in total. The standard InChI is InChI=1S/C31H29N5O7/c32-17-7-12-25-29(37)34(19-20-8-3-1-4-9-20)26-18-24(30(38)39)33-27(26)28(21-10-5-2-6-11-21)35(25)31(40)43-23-15-13-22(14-16-23)36(41)42/h1-6,8-11,13-16,18,25,28,33H,7,12,17,19,32H2,(H,38,39)/t25-,28+/m0/s1. The number of nitrogens with one attached hydrogen (secondary N) is 1. The van der Waals surface area contributed by atoms with Crippen molar-refractivity contribution in [2.45, 2.75) is 31.5 Å². The number of nitrogens with two attached hydrogens (primary N) is 1. The number of aromatic carboxylic acids is 1. The summed E-state index contributed by atoms with van der Waals surface area (Å²) in [6.45, 7) is 0.383. The molecule has 5 rings (SSSR count). The van der Waals surface area contributed by atoms with Crippen LogP contribution >= 0.6 is 0 Å². The molecule has 2 atom stereocenters. The summed E-state index contributed by atoms with van der Waals surface area (Å²) in [7, 11) is 0. The molecule has 3 aromatic carbocycles. The Kier molecular flexibility index (Phi) is 8.49. The SMILES string of the molecule is NCCC[C@H]1C(=O)N(Cc2ccccc2)c2cc(C(=O)O)[nH]c2[C@@H](c2ccccc2)N1C(=O)Oc1ccc([N+](=O)[O-])cc1. The normalized spacial score (nSPS) is 16.3. The Morgan fingerprint density at radius 1 is 1.00 bits per heavy atom. The molecule has 1 aliphatic heterocycles. The highest BCUT2D eigenvalue weighted by Crippen LogP contribution is 2.42. The average molecular weight is 584 g/mol. The van der Waals surface area contributed by atoms with E-state index in [0.717, 1.165) is 5.56 Å². The number of non-ortho nitro benzene ring substituents is 1. The van der Waals surface area contributed by atoms with Crippen molar-refractivity contribution >= 4 is 29.3 Å². The number of aromatic amines is 1. The second-order valence-electron chi connectivity index (χ2n) is 9.98. The van der Waals surface area contributed by atoms with Crippen molar-refractivity contribution in [2.24, 2.45) is 5.73 Å². The fourth-order valence-corrected chi connectivity index (χ4v) is 5.23. The lowest BCUT2D eigenvalue weighted by Crippen LogP contribution is -2.51. The van der Waals surface area contributed by atoms with Crippen LogP contribution in [-0.4, -0.2) is 50.5 Å². The molecule has 0 saturated carbocycles. The van der Waals surface area contributed by atoms with Gasteiger partial charge in [-0.15, -0.1) is 0 Å². The van der Waals surface area contributed by atoms with Gasteiger partial charge in [-0.1, -0.05) is 60.7 Å². The minimum absolute atomic E-state index is 0.0377. The predicted octanol–water partition coefficient (Wildman–Crippen LogP) is 4.87. The molecule has 1 aromatic heterocycles. The largest absolute Gasteiger partial charge is 0.477 e. The number of nitro benzene ring substituents is 1. The van der Waals surface area contributed by atoms with Crippen LogP contribution in [0.1, 0.15) is 46.2 Å². The van der Waals surface area contributed by atoms with Crippen molar-refractivity contribution in [1.29, 1.82) is 0 Å². The topological polar surface area (TPSA) is 172 Å². The molecule has 2 heterocycles. The van der Waals surface area contributed by atoms with Gasteiger partial charge in [0.05, 0.1) is 22.8 Å². The lowest BCUT2D eigenvalue weighted by molar-refractivity contribution is -0.384. The number of benzene rings is 3. The van der Waals surface area contributed by atoms with Crippen LogP contribution in [0.4, 0.5) is 16.2 Å². The number of nitro groups is 1. The van der Waals surface area contributed by atoms with Gasteiger partial charge in [0.1, 0.15) is 23.5 Å². The third-order valence-electron chi connectivity index (χ3n) is 7.23. The number of hydrogen-bond acceptors (Lipinski definition) is 7. The van der Waals surface area contributed by atoms with E-state index in [1.54, 1.807) is 30.3 Å². The van der Waals surface area contributed by atoms with Crippen LogP contribution in [0.2, 0.25) is 0 Å². The fraction of sp³-hybridized carbons (Fsp3) is 0.194. The number of anilines is 1. The van der Waals surface area contributed by atoms with Crippen molar-refractivity contribution < 1.29 is 29.2 Å². The number of carboxylic acid groups (broad SMARTS) is 1. The monoisotopic (exact) mass is 583 g/mol. The Hall–Kier alpha value is -5.49. The van der Waals surface area contributed by atoms with E-state index in [1.165, 1.54) is 40.1 Å². The van der Waals surface area contributed by atoms with Crippen LogP contribution in [0.25, 0.3) is 0 Å². The number of hydrogen-bond donors (Lipinski definition) is 3. The molecule has 220 valence electrons. The van der Waals surface area contributed by atoms with Crippen LogP contribution < -0.4 is 15.4 Å². The number of rotatable bonds is 9. The van der Waals surface area contributed by atoms with Crippen LogP contribution in [0.15, 0.2) is 91.0 Å². The Balaban J connectivity index is 1.68. The number of nitrogens with zero attached hydrogens (tertiary/aromatic N) is 3. The van der Waals surface area contributed by atoms with Gasteiger partial charge in [-0.25, -0.2) is 9.59 Å². The molecule has 0 saturated heterocycles. The maximum absolute atomic E-state index is 14.5. The third-order valence-corrected chi connectivity index (χ3v) is 7.23. The van der Waals surface area contributed by atoms with Crippen LogP contribution in [-0.2, 0) is 11.3 Å². The molecule has 0 aliphatic carbocycles. The van der Waals surface area contributed by atoms with Crippen LogP contribution in [0.5, 0.6) is 5.75 Å². The molecular weight excluding hydrogens is 554 g/mol. The summed E-state index contributed by atoms with van der Waals surface area (Å²) < 4.78 is 5.71. The number of H-pyrrole nitrogens is 1. The zero-order chi connectivity index (χ0) is 30.5. The molecule has 0 spiro atoms. The molecule has 0 fully saturated rings. The van der Waals surface area contributed by atoms with Gasteiger partial charge >= 0.3 is 12.1 Å². The van der Waals surface area contributed by atoms with E-state index in [2.05, 4.69) is 4.98 Å². The summed E-state index contributed by atoms with van der Waals surface area (Å²) in [6, 6.07) is 22.6. The van der Waals surface area contributed by atoms with Crippen molar-refractivity contribution in [3.63, 3.8) is 0 Å². The fourth-order valence-electron chi connectivity index (χ4n) is 5.23. The zero-order valence-electron chi connectivity index (χ0n) is 23.0. The molecule has 0 radical (unpaired) electrons. The smallest absolute Gasteiger partial charge is 0.416 e. The lowest BCUT2D eigenvalue weighted by Gasteiger charge is -2.35. The second-order valence-corrected chi connectivity index (χ2v) is 9.98. The summed E-state index contributed by atoms with van der Waals surface area (Å²) >= 11 is 0. The first-order chi connectivity index (χ1) is 20.8. The third kappa shape index (κ3) is 6.09.